The Morgan fingerprint density at radius 2 is 2.00 bits per heavy atom. The molecule has 6 heteroatoms. The van der Waals surface area contributed by atoms with E-state index in [-0.39, 0.29) is 5.91 Å². The van der Waals surface area contributed by atoms with Crippen LogP contribution >= 0.6 is 11.8 Å². The number of nitrogens with one attached hydrogen (secondary N) is 1. The number of hydrogen-bond donors (Lipinski definition) is 1. The third kappa shape index (κ3) is 5.90. The van der Waals surface area contributed by atoms with Gasteiger partial charge in [-0.2, -0.15) is 0 Å². The first kappa shape index (κ1) is 18.0. The lowest BCUT2D eigenvalue weighted by Crippen LogP contribution is -2.38. The third-order valence-corrected chi connectivity index (χ3v) is 5.22. The molecule has 1 aromatic heterocycles. The molecule has 0 aliphatic carbocycles. The van der Waals surface area contributed by atoms with Gasteiger partial charge in [0.15, 0.2) is 0 Å². The van der Waals surface area contributed by atoms with Gasteiger partial charge in [0.05, 0.1) is 11.4 Å². The molecular formula is C19H25N3O2S. The predicted octanol–water partition coefficient (Wildman–Crippen LogP) is 3.18. The molecule has 1 fully saturated rings. The average Bonchev–Trinajstić information content (AvgIpc) is 3.12. The van der Waals surface area contributed by atoms with Gasteiger partial charge < -0.3 is 14.6 Å². The van der Waals surface area contributed by atoms with E-state index >= 15 is 0 Å². The van der Waals surface area contributed by atoms with Gasteiger partial charge in [0.25, 0.3) is 0 Å². The topological polar surface area (TPSA) is 58.4 Å². The summed E-state index contributed by atoms with van der Waals surface area (Å²) in [7, 11) is 0. The molecule has 0 radical (unpaired) electrons. The van der Waals surface area contributed by atoms with Crippen LogP contribution in [-0.2, 0) is 10.5 Å². The van der Waals surface area contributed by atoms with Crippen molar-refractivity contribution < 1.29 is 9.21 Å². The zero-order valence-corrected chi connectivity index (χ0v) is 15.3. The number of carbonyl (C=O) groups is 1. The highest BCUT2D eigenvalue weighted by molar-refractivity contribution is 7.99. The maximum absolute atomic E-state index is 11.9. The van der Waals surface area contributed by atoms with Crippen LogP contribution in [0.15, 0.2) is 41.0 Å². The zero-order valence-electron chi connectivity index (χ0n) is 14.4. The van der Waals surface area contributed by atoms with E-state index in [9.17, 15) is 4.79 Å². The fourth-order valence-corrected chi connectivity index (χ4v) is 3.65. The van der Waals surface area contributed by atoms with Crippen molar-refractivity contribution in [2.45, 2.75) is 25.0 Å². The van der Waals surface area contributed by atoms with Crippen LogP contribution < -0.4 is 5.32 Å². The van der Waals surface area contributed by atoms with Gasteiger partial charge in [-0.1, -0.05) is 24.6 Å². The van der Waals surface area contributed by atoms with Crippen LogP contribution in [0.5, 0.6) is 0 Å². The number of oxazole rings is 1. The predicted molar refractivity (Wildman–Crippen MR) is 101 cm³/mol. The van der Waals surface area contributed by atoms with E-state index in [1.54, 1.807) is 18.0 Å². The molecule has 0 spiro atoms. The Hall–Kier alpha value is -1.79. The number of piperidine rings is 1. The number of rotatable bonds is 8. The van der Waals surface area contributed by atoms with Crippen LogP contribution in [0.25, 0.3) is 11.5 Å². The minimum atomic E-state index is 0.0915. The average molecular weight is 359 g/mol. The molecular weight excluding hydrogens is 334 g/mol. The molecule has 2 aromatic rings. The molecule has 3 rings (SSSR count). The summed E-state index contributed by atoms with van der Waals surface area (Å²) >= 11 is 1.56. The lowest BCUT2D eigenvalue weighted by molar-refractivity contribution is -0.118. The monoisotopic (exact) mass is 359 g/mol. The third-order valence-electron chi connectivity index (χ3n) is 4.25. The molecule has 1 aromatic carbocycles. The molecule has 1 N–H and O–H groups in total. The summed E-state index contributed by atoms with van der Waals surface area (Å²) < 4.78 is 5.51. The van der Waals surface area contributed by atoms with Crippen molar-refractivity contribution in [3.05, 3.63) is 42.3 Å². The van der Waals surface area contributed by atoms with E-state index in [0.717, 1.165) is 24.3 Å². The summed E-state index contributed by atoms with van der Waals surface area (Å²) in [5.41, 5.74) is 1.83. The number of aromatic nitrogens is 1. The number of likely N-dealkylation sites (tertiary alicyclic amines) is 1. The minimum absolute atomic E-state index is 0.0915. The molecule has 5 nitrogen and oxygen atoms in total. The Labute approximate surface area is 153 Å². The molecule has 1 aliphatic rings. The summed E-state index contributed by atoms with van der Waals surface area (Å²) in [6, 6.07) is 9.83. The van der Waals surface area contributed by atoms with Crippen LogP contribution in [0.2, 0.25) is 0 Å². The van der Waals surface area contributed by atoms with Gasteiger partial charge in [-0.3, -0.25) is 4.79 Å². The first-order valence-corrected chi connectivity index (χ1v) is 10.0. The molecule has 1 aliphatic heterocycles. The normalized spacial score (nSPS) is 15.2. The number of amides is 1. The number of benzene rings is 1. The SMILES string of the molecule is O=C(CSCc1coc(-c2ccccc2)n1)NCCN1CCCCC1. The highest BCUT2D eigenvalue weighted by Gasteiger charge is 2.10. The quantitative estimate of drug-likeness (QED) is 0.784. The van der Waals surface area contributed by atoms with E-state index in [0.29, 0.717) is 17.4 Å². The minimum Gasteiger partial charge on any atom is -0.444 e. The lowest BCUT2D eigenvalue weighted by atomic mass is 10.1. The van der Waals surface area contributed by atoms with Crippen LogP contribution in [-0.4, -0.2) is 47.7 Å². The van der Waals surface area contributed by atoms with Crippen molar-refractivity contribution in [3.63, 3.8) is 0 Å². The Bertz CT molecular complexity index is 654. The van der Waals surface area contributed by atoms with Gasteiger partial charge >= 0.3 is 0 Å². The molecule has 0 unspecified atom stereocenters. The summed E-state index contributed by atoms with van der Waals surface area (Å²) in [6.07, 6.45) is 5.58. The number of hydrogen-bond acceptors (Lipinski definition) is 5. The van der Waals surface area contributed by atoms with Crippen molar-refractivity contribution in [1.29, 1.82) is 0 Å². The second-order valence-corrected chi connectivity index (χ2v) is 7.24. The number of nitrogens with zero attached hydrogens (tertiary/aromatic N) is 2. The standard InChI is InChI=1S/C19H25N3O2S/c23-18(20-9-12-22-10-5-2-6-11-22)15-25-14-17-13-24-19(21-17)16-7-3-1-4-8-16/h1,3-4,7-8,13H,2,5-6,9-12,14-15H2,(H,20,23). The van der Waals surface area contributed by atoms with Crippen LogP contribution in [0.3, 0.4) is 0 Å². The fourth-order valence-electron chi connectivity index (χ4n) is 2.92. The molecule has 1 saturated heterocycles. The largest absolute Gasteiger partial charge is 0.444 e. The smallest absolute Gasteiger partial charge is 0.230 e. The first-order valence-electron chi connectivity index (χ1n) is 8.88. The maximum atomic E-state index is 11.9. The lowest BCUT2D eigenvalue weighted by Gasteiger charge is -2.26. The summed E-state index contributed by atoms with van der Waals surface area (Å²) in [6.45, 7) is 4.03. The summed E-state index contributed by atoms with van der Waals surface area (Å²) in [4.78, 5) is 18.8. The van der Waals surface area contributed by atoms with Crippen LogP contribution in [0.1, 0.15) is 25.0 Å². The zero-order chi connectivity index (χ0) is 17.3. The van der Waals surface area contributed by atoms with E-state index in [1.165, 1.54) is 32.4 Å². The first-order chi connectivity index (χ1) is 12.3. The van der Waals surface area contributed by atoms with Crippen molar-refractivity contribution >= 4 is 17.7 Å². The molecule has 2 heterocycles. The van der Waals surface area contributed by atoms with Gasteiger partial charge in [-0.15, -0.1) is 11.8 Å². The molecule has 1 amide bonds. The molecule has 25 heavy (non-hydrogen) atoms. The Morgan fingerprint density at radius 3 is 2.80 bits per heavy atom. The van der Waals surface area contributed by atoms with Gasteiger partial charge in [-0.05, 0) is 38.1 Å². The van der Waals surface area contributed by atoms with Gasteiger partial charge in [-0.25, -0.2) is 4.98 Å². The Balaban J connectivity index is 1.32. The van der Waals surface area contributed by atoms with Crippen molar-refractivity contribution in [1.82, 2.24) is 15.2 Å². The van der Waals surface area contributed by atoms with Crippen LogP contribution in [0.4, 0.5) is 0 Å². The van der Waals surface area contributed by atoms with Crippen molar-refractivity contribution in [2.75, 3.05) is 31.9 Å². The molecule has 0 saturated carbocycles. The second kappa shape index (κ2) is 9.63. The molecule has 0 bridgehead atoms. The van der Waals surface area contributed by atoms with E-state index < -0.39 is 0 Å². The highest BCUT2D eigenvalue weighted by Crippen LogP contribution is 2.20. The summed E-state index contributed by atoms with van der Waals surface area (Å²) in [5.74, 6) is 1.85. The van der Waals surface area contributed by atoms with Crippen molar-refractivity contribution in [3.8, 4) is 11.5 Å². The van der Waals surface area contributed by atoms with E-state index in [4.69, 9.17) is 4.42 Å². The Morgan fingerprint density at radius 1 is 1.20 bits per heavy atom. The fraction of sp³-hybridized carbons (Fsp3) is 0.474. The highest BCUT2D eigenvalue weighted by atomic mass is 32.2. The van der Waals surface area contributed by atoms with Gasteiger partial charge in [0.1, 0.15) is 6.26 Å². The van der Waals surface area contributed by atoms with Crippen LogP contribution in [0, 0.1) is 0 Å². The van der Waals surface area contributed by atoms with Crippen molar-refractivity contribution in [2.24, 2.45) is 0 Å². The van der Waals surface area contributed by atoms with Gasteiger partial charge in [0.2, 0.25) is 11.8 Å². The molecule has 134 valence electrons. The van der Waals surface area contributed by atoms with E-state index in [2.05, 4.69) is 15.2 Å². The number of thioether (sulfide) groups is 1. The maximum Gasteiger partial charge on any atom is 0.230 e. The van der Waals surface area contributed by atoms with Gasteiger partial charge in [0, 0.05) is 24.4 Å². The molecule has 0 atom stereocenters. The number of carbonyl (C=O) groups excluding carboxylic acids is 1. The Kier molecular flexibility index (Phi) is 6.94. The summed E-state index contributed by atoms with van der Waals surface area (Å²) in [5, 5.41) is 3.00. The second-order valence-electron chi connectivity index (χ2n) is 6.26. The van der Waals surface area contributed by atoms with E-state index in [1.807, 2.05) is 30.3 Å².